The van der Waals surface area contributed by atoms with Crippen LogP contribution in [-0.2, 0) is 17.8 Å². The van der Waals surface area contributed by atoms with Crippen molar-refractivity contribution in [2.24, 2.45) is 0 Å². The number of amides is 1. The molecule has 1 amide bonds. The normalized spacial score (nSPS) is 10.8. The second-order valence-electron chi connectivity index (χ2n) is 5.40. The Morgan fingerprint density at radius 1 is 1.27 bits per heavy atom. The fourth-order valence-electron chi connectivity index (χ4n) is 2.51. The van der Waals surface area contributed by atoms with Crippen LogP contribution in [0.25, 0.3) is 10.9 Å². The van der Waals surface area contributed by atoms with Crippen LogP contribution in [0.4, 0.5) is 0 Å². The zero-order chi connectivity index (χ0) is 16.1. The molecule has 0 saturated heterocycles. The van der Waals surface area contributed by atoms with E-state index in [1.165, 1.54) is 5.56 Å². The summed E-state index contributed by atoms with van der Waals surface area (Å²) in [6, 6.07) is 5.97. The molecule has 0 aliphatic rings. The number of aryl methyl sites for hydroxylation is 1. The Balaban J connectivity index is 2.40. The number of carbonyl (C=O) groups is 2. The number of aromatic nitrogens is 1. The maximum absolute atomic E-state index is 11.5. The maximum atomic E-state index is 11.5. The smallest absolute Gasteiger partial charge is 0.352 e. The Hall–Kier alpha value is -2.30. The van der Waals surface area contributed by atoms with Crippen molar-refractivity contribution >= 4 is 22.8 Å². The van der Waals surface area contributed by atoms with Crippen LogP contribution < -0.4 is 5.32 Å². The van der Waals surface area contributed by atoms with Gasteiger partial charge in [0, 0.05) is 29.4 Å². The molecule has 0 atom stereocenters. The highest BCUT2D eigenvalue weighted by Crippen LogP contribution is 2.24. The lowest BCUT2D eigenvalue weighted by Crippen LogP contribution is -2.22. The summed E-state index contributed by atoms with van der Waals surface area (Å²) in [4.78, 5) is 25.8. The van der Waals surface area contributed by atoms with Crippen LogP contribution in [0.2, 0.25) is 0 Å². The number of carboxylic acid groups (broad SMARTS) is 1. The molecule has 2 aromatic rings. The van der Waals surface area contributed by atoms with E-state index < -0.39 is 5.97 Å². The van der Waals surface area contributed by atoms with Crippen molar-refractivity contribution in [3.63, 3.8) is 0 Å². The van der Waals surface area contributed by atoms with Crippen molar-refractivity contribution in [1.82, 2.24) is 10.3 Å². The van der Waals surface area contributed by atoms with Gasteiger partial charge in [0.1, 0.15) is 5.69 Å². The molecular weight excluding hydrogens is 280 g/mol. The quantitative estimate of drug-likeness (QED) is 0.734. The zero-order valence-corrected chi connectivity index (χ0v) is 13.0. The molecule has 22 heavy (non-hydrogen) atoms. The molecule has 0 aliphatic carbocycles. The van der Waals surface area contributed by atoms with Gasteiger partial charge in [-0.3, -0.25) is 4.79 Å². The number of nitrogens with one attached hydrogen (secondary N) is 2. The first-order valence-electron chi connectivity index (χ1n) is 7.70. The molecule has 0 spiro atoms. The topological polar surface area (TPSA) is 82.2 Å². The fourth-order valence-corrected chi connectivity index (χ4v) is 2.51. The molecule has 0 fully saturated rings. The van der Waals surface area contributed by atoms with E-state index >= 15 is 0 Å². The minimum Gasteiger partial charge on any atom is -0.477 e. The number of benzene rings is 1. The Kier molecular flexibility index (Phi) is 5.20. The monoisotopic (exact) mass is 302 g/mol. The molecule has 118 valence electrons. The van der Waals surface area contributed by atoms with Gasteiger partial charge in [0.25, 0.3) is 0 Å². The van der Waals surface area contributed by atoms with E-state index in [2.05, 4.69) is 17.2 Å². The fraction of sp³-hybridized carbons (Fsp3) is 0.412. The molecule has 3 N–H and O–H groups in total. The average molecular weight is 302 g/mol. The molecule has 0 bridgehead atoms. The van der Waals surface area contributed by atoms with Crippen LogP contribution in [0.3, 0.4) is 0 Å². The third kappa shape index (κ3) is 3.47. The van der Waals surface area contributed by atoms with Crippen LogP contribution >= 0.6 is 0 Å². The van der Waals surface area contributed by atoms with Crippen molar-refractivity contribution in [2.45, 2.75) is 46.1 Å². The summed E-state index contributed by atoms with van der Waals surface area (Å²) >= 11 is 0. The number of aromatic carboxylic acids is 1. The van der Waals surface area contributed by atoms with E-state index in [9.17, 15) is 14.7 Å². The van der Waals surface area contributed by atoms with Crippen LogP contribution in [-0.4, -0.2) is 22.0 Å². The maximum Gasteiger partial charge on any atom is 0.352 e. The van der Waals surface area contributed by atoms with Crippen molar-refractivity contribution in [2.75, 3.05) is 0 Å². The SMILES string of the molecule is CCCCc1ccc2[nH]c(C(=O)O)c(CNC(=O)CC)c2c1. The first kappa shape index (κ1) is 16.1. The number of H-pyrrole nitrogens is 1. The summed E-state index contributed by atoms with van der Waals surface area (Å²) < 4.78 is 0. The molecule has 1 aromatic carbocycles. The number of hydrogen-bond donors (Lipinski definition) is 3. The van der Waals surface area contributed by atoms with Crippen LogP contribution in [0.1, 0.15) is 54.7 Å². The van der Waals surface area contributed by atoms with Crippen LogP contribution in [0.5, 0.6) is 0 Å². The van der Waals surface area contributed by atoms with Crippen LogP contribution in [0, 0.1) is 0 Å². The molecule has 1 heterocycles. The van der Waals surface area contributed by atoms with Crippen molar-refractivity contribution in [1.29, 1.82) is 0 Å². The second kappa shape index (κ2) is 7.11. The molecule has 0 unspecified atom stereocenters. The highest BCUT2D eigenvalue weighted by atomic mass is 16.4. The van der Waals surface area contributed by atoms with Gasteiger partial charge in [-0.25, -0.2) is 4.79 Å². The number of carbonyl (C=O) groups excluding carboxylic acids is 1. The lowest BCUT2D eigenvalue weighted by molar-refractivity contribution is -0.120. The van der Waals surface area contributed by atoms with Gasteiger partial charge in [-0.15, -0.1) is 0 Å². The van der Waals surface area contributed by atoms with Crippen molar-refractivity contribution in [3.05, 3.63) is 35.0 Å². The van der Waals surface area contributed by atoms with E-state index in [-0.39, 0.29) is 18.1 Å². The van der Waals surface area contributed by atoms with Gasteiger partial charge in [-0.05, 0) is 30.5 Å². The number of rotatable bonds is 7. The minimum atomic E-state index is -1.01. The van der Waals surface area contributed by atoms with E-state index in [4.69, 9.17) is 0 Å². The first-order valence-corrected chi connectivity index (χ1v) is 7.70. The Morgan fingerprint density at radius 3 is 2.68 bits per heavy atom. The number of fused-ring (bicyclic) bond motifs is 1. The predicted octanol–water partition coefficient (Wildman–Crippen LogP) is 3.23. The molecule has 0 saturated carbocycles. The van der Waals surface area contributed by atoms with Gasteiger partial charge in [-0.2, -0.15) is 0 Å². The molecule has 1 aromatic heterocycles. The van der Waals surface area contributed by atoms with Gasteiger partial charge in [-0.1, -0.05) is 26.3 Å². The summed E-state index contributed by atoms with van der Waals surface area (Å²) in [7, 11) is 0. The summed E-state index contributed by atoms with van der Waals surface area (Å²) in [5, 5.41) is 13.0. The lowest BCUT2D eigenvalue weighted by atomic mass is 10.0. The molecule has 5 heteroatoms. The number of unbranched alkanes of at least 4 members (excludes halogenated alkanes) is 1. The van der Waals surface area contributed by atoms with Gasteiger partial charge in [0.2, 0.25) is 5.91 Å². The highest BCUT2D eigenvalue weighted by Gasteiger charge is 2.17. The minimum absolute atomic E-state index is 0.0900. The van der Waals surface area contributed by atoms with Crippen molar-refractivity contribution < 1.29 is 14.7 Å². The van der Waals surface area contributed by atoms with E-state index in [0.717, 1.165) is 30.2 Å². The standard InChI is InChI=1S/C17H22N2O3/c1-3-5-6-11-7-8-14-12(9-11)13(10-18-15(20)4-2)16(19-14)17(21)22/h7-9,19H,3-6,10H2,1-2H3,(H,18,20)(H,21,22). The van der Waals surface area contributed by atoms with Gasteiger partial charge in [0.15, 0.2) is 0 Å². The summed E-state index contributed by atoms with van der Waals surface area (Å²) in [5.41, 5.74) is 2.77. The third-order valence-electron chi connectivity index (χ3n) is 3.79. The third-order valence-corrected chi connectivity index (χ3v) is 3.79. The highest BCUT2D eigenvalue weighted by molar-refractivity contribution is 5.97. The van der Waals surface area contributed by atoms with Crippen LogP contribution in [0.15, 0.2) is 18.2 Å². The van der Waals surface area contributed by atoms with E-state index in [1.54, 1.807) is 6.92 Å². The number of hydrogen-bond acceptors (Lipinski definition) is 2. The number of carboxylic acids is 1. The first-order chi connectivity index (χ1) is 10.6. The summed E-state index contributed by atoms with van der Waals surface area (Å²) in [5.74, 6) is -1.10. The van der Waals surface area contributed by atoms with E-state index in [1.807, 2.05) is 18.2 Å². The average Bonchev–Trinajstić information content (AvgIpc) is 2.88. The molecule has 5 nitrogen and oxygen atoms in total. The summed E-state index contributed by atoms with van der Waals surface area (Å²) in [6.45, 7) is 4.14. The number of aromatic amines is 1. The second-order valence-corrected chi connectivity index (χ2v) is 5.40. The Labute approximate surface area is 129 Å². The molecule has 2 rings (SSSR count). The predicted molar refractivity (Wildman–Crippen MR) is 86.0 cm³/mol. The molecule has 0 aliphatic heterocycles. The Bertz CT molecular complexity index is 689. The van der Waals surface area contributed by atoms with Gasteiger partial charge >= 0.3 is 5.97 Å². The molecular formula is C17H22N2O3. The van der Waals surface area contributed by atoms with Gasteiger partial charge in [0.05, 0.1) is 0 Å². The molecule has 0 radical (unpaired) electrons. The lowest BCUT2D eigenvalue weighted by Gasteiger charge is -2.05. The Morgan fingerprint density at radius 2 is 2.05 bits per heavy atom. The zero-order valence-electron chi connectivity index (χ0n) is 13.0. The largest absolute Gasteiger partial charge is 0.477 e. The van der Waals surface area contributed by atoms with Gasteiger partial charge < -0.3 is 15.4 Å². The van der Waals surface area contributed by atoms with E-state index in [0.29, 0.717) is 12.0 Å². The summed E-state index contributed by atoms with van der Waals surface area (Å²) in [6.07, 6.45) is 3.57. The van der Waals surface area contributed by atoms with Crippen molar-refractivity contribution in [3.8, 4) is 0 Å².